The van der Waals surface area contributed by atoms with Gasteiger partial charge in [-0.1, -0.05) is 72.8 Å². The molecule has 0 aliphatic heterocycles. The highest BCUT2D eigenvalue weighted by Crippen LogP contribution is 2.31. The van der Waals surface area contributed by atoms with Crippen LogP contribution >= 0.6 is 0 Å². The van der Waals surface area contributed by atoms with Crippen molar-refractivity contribution in [2.45, 2.75) is 18.9 Å². The van der Waals surface area contributed by atoms with Crippen LogP contribution in [-0.4, -0.2) is 11.7 Å². The van der Waals surface area contributed by atoms with Gasteiger partial charge in [-0.2, -0.15) is 0 Å². The maximum absolute atomic E-state index is 12.9. The first-order chi connectivity index (χ1) is 12.7. The second kappa shape index (κ2) is 6.96. The Morgan fingerprint density at radius 3 is 2.23 bits per heavy atom. The summed E-state index contributed by atoms with van der Waals surface area (Å²) >= 11 is 0. The highest BCUT2D eigenvalue weighted by molar-refractivity contribution is 6.15. The molecule has 0 heterocycles. The maximum atomic E-state index is 12.9. The third kappa shape index (κ3) is 3.04. The largest absolute Gasteiger partial charge is 0.345 e. The smallest absolute Gasteiger partial charge is 0.252 e. The van der Waals surface area contributed by atoms with Crippen LogP contribution in [0.25, 0.3) is 0 Å². The summed E-state index contributed by atoms with van der Waals surface area (Å²) in [5.41, 5.74) is 3.89. The van der Waals surface area contributed by atoms with E-state index in [4.69, 9.17) is 0 Å². The Morgan fingerprint density at radius 1 is 0.769 bits per heavy atom. The van der Waals surface area contributed by atoms with Gasteiger partial charge in [0.1, 0.15) is 0 Å². The number of hydrogen-bond donors (Lipinski definition) is 1. The summed E-state index contributed by atoms with van der Waals surface area (Å²) in [6.07, 6.45) is 1.85. The minimum atomic E-state index is -0.202. The first kappa shape index (κ1) is 16.3. The zero-order chi connectivity index (χ0) is 17.9. The fraction of sp³-hybridized carbons (Fsp3) is 0.130. The van der Waals surface area contributed by atoms with Crippen LogP contribution in [0.1, 0.15) is 49.9 Å². The monoisotopic (exact) mass is 341 g/mol. The van der Waals surface area contributed by atoms with Crippen molar-refractivity contribution in [3.8, 4) is 0 Å². The SMILES string of the molecule is O=C(N[C@H]1CCc2ccccc21)c1ccccc1C(=O)c1ccccc1. The summed E-state index contributed by atoms with van der Waals surface area (Å²) in [6.45, 7) is 0. The van der Waals surface area contributed by atoms with Crippen molar-refractivity contribution in [2.75, 3.05) is 0 Å². The predicted octanol–water partition coefficient (Wildman–Crippen LogP) is 4.33. The molecular formula is C23H19NO2. The molecule has 0 saturated carbocycles. The molecule has 4 rings (SSSR count). The molecule has 0 bridgehead atoms. The summed E-state index contributed by atoms with van der Waals surface area (Å²) in [6, 6.07) is 24.3. The standard InChI is InChI=1S/C23H19NO2/c25-22(17-9-2-1-3-10-17)19-12-6-7-13-20(19)23(26)24-21-15-14-16-8-4-5-11-18(16)21/h1-13,21H,14-15H2,(H,24,26)/t21-/m0/s1. The molecular weight excluding hydrogens is 322 g/mol. The molecule has 1 atom stereocenters. The van der Waals surface area contributed by atoms with E-state index in [1.165, 1.54) is 11.1 Å². The van der Waals surface area contributed by atoms with E-state index in [0.29, 0.717) is 16.7 Å². The Balaban J connectivity index is 1.61. The minimum absolute atomic E-state index is 0.00131. The summed E-state index contributed by atoms with van der Waals surface area (Å²) in [5, 5.41) is 3.11. The average Bonchev–Trinajstić information content (AvgIpc) is 3.11. The zero-order valence-corrected chi connectivity index (χ0v) is 14.3. The molecule has 1 N–H and O–H groups in total. The van der Waals surface area contributed by atoms with E-state index in [-0.39, 0.29) is 17.7 Å². The Labute approximate surface area is 152 Å². The first-order valence-corrected chi connectivity index (χ1v) is 8.81. The van der Waals surface area contributed by atoms with Crippen LogP contribution in [0.2, 0.25) is 0 Å². The number of hydrogen-bond acceptors (Lipinski definition) is 2. The number of aryl methyl sites for hydroxylation is 1. The van der Waals surface area contributed by atoms with Gasteiger partial charge < -0.3 is 5.32 Å². The van der Waals surface area contributed by atoms with Crippen LogP contribution < -0.4 is 5.32 Å². The Hall–Kier alpha value is -3.20. The van der Waals surface area contributed by atoms with Crippen LogP contribution in [0.15, 0.2) is 78.9 Å². The second-order valence-electron chi connectivity index (χ2n) is 6.50. The van der Waals surface area contributed by atoms with Gasteiger partial charge in [0, 0.05) is 11.1 Å². The van der Waals surface area contributed by atoms with E-state index in [1.807, 2.05) is 30.3 Å². The lowest BCUT2D eigenvalue weighted by atomic mass is 9.97. The molecule has 0 aromatic heterocycles. The molecule has 0 spiro atoms. The topological polar surface area (TPSA) is 46.2 Å². The van der Waals surface area contributed by atoms with Crippen molar-refractivity contribution in [3.63, 3.8) is 0 Å². The lowest BCUT2D eigenvalue weighted by Gasteiger charge is -2.16. The molecule has 3 heteroatoms. The number of ketones is 1. The van der Waals surface area contributed by atoms with Crippen LogP contribution in [0, 0.1) is 0 Å². The van der Waals surface area contributed by atoms with Crippen LogP contribution in [0.3, 0.4) is 0 Å². The third-order valence-corrected chi connectivity index (χ3v) is 4.89. The lowest BCUT2D eigenvalue weighted by molar-refractivity contribution is 0.0926. The number of carbonyl (C=O) groups excluding carboxylic acids is 2. The molecule has 3 nitrogen and oxygen atoms in total. The quantitative estimate of drug-likeness (QED) is 0.718. The molecule has 128 valence electrons. The fourth-order valence-corrected chi connectivity index (χ4v) is 3.57. The van der Waals surface area contributed by atoms with Gasteiger partial charge in [-0.25, -0.2) is 0 Å². The molecule has 0 fully saturated rings. The van der Waals surface area contributed by atoms with Crippen molar-refractivity contribution in [1.82, 2.24) is 5.32 Å². The molecule has 0 radical (unpaired) electrons. The number of nitrogens with one attached hydrogen (secondary N) is 1. The summed E-state index contributed by atoms with van der Waals surface area (Å²) in [5.74, 6) is -0.338. The Kier molecular flexibility index (Phi) is 4.36. The van der Waals surface area contributed by atoms with Gasteiger partial charge in [0.15, 0.2) is 5.78 Å². The van der Waals surface area contributed by atoms with E-state index in [2.05, 4.69) is 17.4 Å². The molecule has 26 heavy (non-hydrogen) atoms. The van der Waals surface area contributed by atoms with Gasteiger partial charge in [0.2, 0.25) is 0 Å². The lowest BCUT2D eigenvalue weighted by Crippen LogP contribution is -2.28. The van der Waals surface area contributed by atoms with Crippen LogP contribution in [0.4, 0.5) is 0 Å². The van der Waals surface area contributed by atoms with E-state index >= 15 is 0 Å². The van der Waals surface area contributed by atoms with Gasteiger partial charge in [0.25, 0.3) is 5.91 Å². The van der Waals surface area contributed by atoms with Gasteiger partial charge in [-0.15, -0.1) is 0 Å². The zero-order valence-electron chi connectivity index (χ0n) is 14.3. The molecule has 0 unspecified atom stereocenters. The van der Waals surface area contributed by atoms with E-state index in [9.17, 15) is 9.59 Å². The number of benzene rings is 3. The molecule has 1 amide bonds. The first-order valence-electron chi connectivity index (χ1n) is 8.81. The van der Waals surface area contributed by atoms with Crippen molar-refractivity contribution >= 4 is 11.7 Å². The van der Waals surface area contributed by atoms with Gasteiger partial charge in [-0.3, -0.25) is 9.59 Å². The number of fused-ring (bicyclic) bond motifs is 1. The van der Waals surface area contributed by atoms with E-state index in [1.54, 1.807) is 36.4 Å². The molecule has 1 aliphatic carbocycles. The third-order valence-electron chi connectivity index (χ3n) is 4.89. The average molecular weight is 341 g/mol. The Bertz CT molecular complexity index is 963. The molecule has 1 aliphatic rings. The molecule has 3 aromatic carbocycles. The predicted molar refractivity (Wildman–Crippen MR) is 101 cm³/mol. The van der Waals surface area contributed by atoms with Crippen LogP contribution in [0.5, 0.6) is 0 Å². The van der Waals surface area contributed by atoms with E-state index < -0.39 is 0 Å². The highest BCUT2D eigenvalue weighted by Gasteiger charge is 2.25. The fourth-order valence-electron chi connectivity index (χ4n) is 3.57. The summed E-state index contributed by atoms with van der Waals surface area (Å²) < 4.78 is 0. The number of amides is 1. The van der Waals surface area contributed by atoms with E-state index in [0.717, 1.165) is 12.8 Å². The highest BCUT2D eigenvalue weighted by atomic mass is 16.2. The molecule has 0 saturated heterocycles. The maximum Gasteiger partial charge on any atom is 0.252 e. The number of carbonyl (C=O) groups is 2. The van der Waals surface area contributed by atoms with Crippen molar-refractivity contribution in [1.29, 1.82) is 0 Å². The Morgan fingerprint density at radius 2 is 1.42 bits per heavy atom. The van der Waals surface area contributed by atoms with Crippen molar-refractivity contribution < 1.29 is 9.59 Å². The summed E-state index contributed by atoms with van der Waals surface area (Å²) in [7, 11) is 0. The second-order valence-corrected chi connectivity index (χ2v) is 6.50. The van der Waals surface area contributed by atoms with Crippen LogP contribution in [-0.2, 0) is 6.42 Å². The molecule has 3 aromatic rings. The van der Waals surface area contributed by atoms with Gasteiger partial charge >= 0.3 is 0 Å². The van der Waals surface area contributed by atoms with Gasteiger partial charge in [-0.05, 0) is 30.0 Å². The minimum Gasteiger partial charge on any atom is -0.345 e. The number of rotatable bonds is 4. The van der Waals surface area contributed by atoms with Gasteiger partial charge in [0.05, 0.1) is 11.6 Å². The summed E-state index contributed by atoms with van der Waals surface area (Å²) in [4.78, 5) is 25.7. The van der Waals surface area contributed by atoms with Crippen molar-refractivity contribution in [3.05, 3.63) is 107 Å². The normalized spacial score (nSPS) is 15.3. The van der Waals surface area contributed by atoms with Crippen molar-refractivity contribution in [2.24, 2.45) is 0 Å².